The molecule has 0 fully saturated rings. The highest BCUT2D eigenvalue weighted by atomic mass is 32.2. The van der Waals surface area contributed by atoms with Crippen molar-refractivity contribution in [1.29, 1.82) is 0 Å². The van der Waals surface area contributed by atoms with Crippen LogP contribution >= 0.6 is 11.8 Å². The van der Waals surface area contributed by atoms with Gasteiger partial charge in [0.05, 0.1) is 0 Å². The van der Waals surface area contributed by atoms with E-state index < -0.39 is 12.0 Å². The summed E-state index contributed by atoms with van der Waals surface area (Å²) in [5.74, 6) is -0.287. The van der Waals surface area contributed by atoms with E-state index in [9.17, 15) is 13.2 Å². The van der Waals surface area contributed by atoms with Crippen LogP contribution in [0.15, 0.2) is 5.16 Å². The molecular weight excluding hydrogens is 205 g/mol. The van der Waals surface area contributed by atoms with Crippen LogP contribution in [0.5, 0.6) is 0 Å². The summed E-state index contributed by atoms with van der Waals surface area (Å²) >= 11 is 1.25. The van der Waals surface area contributed by atoms with Crippen molar-refractivity contribution in [3.05, 3.63) is 5.82 Å². The number of hydrogen-bond donors (Lipinski definition) is 1. The Morgan fingerprint density at radius 3 is 2.85 bits per heavy atom. The molecule has 1 aliphatic rings. The van der Waals surface area contributed by atoms with E-state index in [1.165, 1.54) is 11.8 Å². The van der Waals surface area contributed by atoms with E-state index in [1.54, 1.807) is 0 Å². The molecule has 1 aromatic heterocycles. The third-order valence-electron chi connectivity index (χ3n) is 1.49. The number of alkyl halides is 3. The van der Waals surface area contributed by atoms with Gasteiger partial charge >= 0.3 is 6.18 Å². The summed E-state index contributed by atoms with van der Waals surface area (Å²) in [4.78, 5) is 0. The van der Waals surface area contributed by atoms with E-state index in [1.807, 2.05) is 0 Å². The van der Waals surface area contributed by atoms with Crippen LogP contribution in [-0.4, -0.2) is 27.2 Å². The molecule has 1 aliphatic heterocycles. The smallest absolute Gasteiger partial charge is 0.321 e. The Morgan fingerprint density at radius 2 is 2.15 bits per heavy atom. The summed E-state index contributed by atoms with van der Waals surface area (Å²) in [5, 5.41) is 6.75. The molecule has 1 aromatic rings. The number of fused-ring (bicyclic) bond motifs is 1. The maximum absolute atomic E-state index is 12.2. The predicted molar refractivity (Wildman–Crippen MR) is 40.0 cm³/mol. The summed E-state index contributed by atoms with van der Waals surface area (Å²) in [5.41, 5.74) is 2.57. The first kappa shape index (κ1) is 8.67. The number of rotatable bonds is 0. The first-order chi connectivity index (χ1) is 6.09. The van der Waals surface area contributed by atoms with Gasteiger partial charge in [-0.2, -0.15) is 13.2 Å². The van der Waals surface area contributed by atoms with E-state index in [0.717, 1.165) is 4.68 Å². The van der Waals surface area contributed by atoms with Gasteiger partial charge in [-0.15, -0.1) is 10.2 Å². The number of nitrogens with zero attached hydrogens (tertiary/aromatic N) is 3. The minimum absolute atomic E-state index is 0.263. The summed E-state index contributed by atoms with van der Waals surface area (Å²) in [6.07, 6.45) is -4.45. The van der Waals surface area contributed by atoms with Crippen LogP contribution in [0, 0.1) is 0 Å². The zero-order valence-corrected chi connectivity index (χ0v) is 7.11. The van der Waals surface area contributed by atoms with Crippen molar-refractivity contribution in [3.63, 3.8) is 0 Å². The van der Waals surface area contributed by atoms with Gasteiger partial charge < -0.3 is 5.43 Å². The number of nitrogens with one attached hydrogen (secondary N) is 1. The largest absolute Gasteiger partial charge is 0.453 e. The van der Waals surface area contributed by atoms with Crippen molar-refractivity contribution in [2.24, 2.45) is 0 Å². The Kier molecular flexibility index (Phi) is 1.86. The Balaban J connectivity index is 2.43. The fraction of sp³-hybridized carbons (Fsp3) is 0.600. The van der Waals surface area contributed by atoms with Crippen LogP contribution in [0.25, 0.3) is 0 Å². The minimum atomic E-state index is -4.45. The molecule has 8 heteroatoms. The molecule has 2 heterocycles. The highest BCUT2D eigenvalue weighted by Crippen LogP contribution is 2.30. The molecule has 1 N–H and O–H groups in total. The highest BCUT2D eigenvalue weighted by molar-refractivity contribution is 7.99. The zero-order chi connectivity index (χ0) is 9.47. The second-order valence-corrected chi connectivity index (χ2v) is 3.46. The Bertz CT molecular complexity index is 320. The second-order valence-electron chi connectivity index (χ2n) is 2.40. The molecule has 0 saturated carbocycles. The lowest BCUT2D eigenvalue weighted by Crippen LogP contribution is -2.28. The minimum Gasteiger partial charge on any atom is -0.321 e. The first-order valence-electron chi connectivity index (χ1n) is 3.48. The van der Waals surface area contributed by atoms with Crippen LogP contribution in [0.3, 0.4) is 0 Å². The monoisotopic (exact) mass is 210 g/mol. The molecule has 0 unspecified atom stereocenters. The van der Waals surface area contributed by atoms with Crippen molar-refractivity contribution in [3.8, 4) is 0 Å². The summed E-state index contributed by atoms with van der Waals surface area (Å²) in [6.45, 7) is 0.485. The van der Waals surface area contributed by atoms with Crippen LogP contribution < -0.4 is 5.43 Å². The van der Waals surface area contributed by atoms with Crippen molar-refractivity contribution in [2.75, 3.05) is 17.7 Å². The average Bonchev–Trinajstić information content (AvgIpc) is 2.45. The third-order valence-corrected chi connectivity index (χ3v) is 2.42. The molecule has 0 spiro atoms. The average molecular weight is 210 g/mol. The molecule has 0 bridgehead atoms. The third kappa shape index (κ3) is 1.45. The maximum atomic E-state index is 12.2. The van der Waals surface area contributed by atoms with Crippen LogP contribution in [0.2, 0.25) is 0 Å². The molecule has 2 rings (SSSR count). The van der Waals surface area contributed by atoms with E-state index in [-0.39, 0.29) is 5.16 Å². The SMILES string of the molecule is FC(F)(F)c1nnc2n1NCCS2. The van der Waals surface area contributed by atoms with E-state index in [0.29, 0.717) is 12.3 Å². The molecule has 72 valence electrons. The molecule has 0 saturated heterocycles. The van der Waals surface area contributed by atoms with Gasteiger partial charge in [0.15, 0.2) is 0 Å². The molecule has 13 heavy (non-hydrogen) atoms. The summed E-state index contributed by atoms with van der Waals surface area (Å²) in [6, 6.07) is 0. The number of thioether (sulfide) groups is 1. The van der Waals surface area contributed by atoms with Crippen LogP contribution in [-0.2, 0) is 6.18 Å². The topological polar surface area (TPSA) is 42.7 Å². The Morgan fingerprint density at radius 1 is 1.38 bits per heavy atom. The van der Waals surface area contributed by atoms with Crippen LogP contribution in [0.4, 0.5) is 13.2 Å². The molecule has 0 atom stereocenters. The summed E-state index contributed by atoms with van der Waals surface area (Å²) in [7, 11) is 0. The standard InChI is InChI=1S/C5H5F3N4S/c6-5(7,8)3-10-11-4-12(3)9-1-2-13-4/h9H,1-2H2. The molecule has 0 radical (unpaired) electrons. The van der Waals surface area contributed by atoms with Gasteiger partial charge in [0.1, 0.15) is 0 Å². The predicted octanol–water partition coefficient (Wildman–Crippen LogP) is 0.946. The lowest BCUT2D eigenvalue weighted by Gasteiger charge is -2.17. The molecule has 0 aromatic carbocycles. The normalized spacial score (nSPS) is 16.5. The first-order valence-corrected chi connectivity index (χ1v) is 4.47. The lowest BCUT2D eigenvalue weighted by molar-refractivity contribution is -0.147. The molecule has 0 aliphatic carbocycles. The van der Waals surface area contributed by atoms with Gasteiger partial charge in [-0.1, -0.05) is 11.8 Å². The zero-order valence-electron chi connectivity index (χ0n) is 6.30. The number of aromatic nitrogens is 3. The van der Waals surface area contributed by atoms with Gasteiger partial charge in [-0.05, 0) is 0 Å². The van der Waals surface area contributed by atoms with Gasteiger partial charge in [0, 0.05) is 12.3 Å². The molecule has 4 nitrogen and oxygen atoms in total. The Labute approximate surface area is 75.5 Å². The van der Waals surface area contributed by atoms with E-state index in [4.69, 9.17) is 0 Å². The summed E-state index contributed by atoms with van der Waals surface area (Å²) < 4.78 is 37.6. The number of halogens is 3. The van der Waals surface area contributed by atoms with Gasteiger partial charge in [-0.25, -0.2) is 4.68 Å². The second kappa shape index (κ2) is 2.79. The van der Waals surface area contributed by atoms with Crippen molar-refractivity contribution < 1.29 is 13.2 Å². The lowest BCUT2D eigenvalue weighted by atomic mass is 10.6. The van der Waals surface area contributed by atoms with E-state index >= 15 is 0 Å². The van der Waals surface area contributed by atoms with Crippen molar-refractivity contribution in [2.45, 2.75) is 11.3 Å². The fourth-order valence-electron chi connectivity index (χ4n) is 0.989. The fourth-order valence-corrected chi connectivity index (χ4v) is 1.74. The molecular formula is C5H5F3N4S. The maximum Gasteiger partial charge on any atom is 0.453 e. The quantitative estimate of drug-likeness (QED) is 0.692. The van der Waals surface area contributed by atoms with Crippen LogP contribution in [0.1, 0.15) is 5.82 Å². The number of hydrogen-bond acceptors (Lipinski definition) is 4. The van der Waals surface area contributed by atoms with E-state index in [2.05, 4.69) is 15.6 Å². The van der Waals surface area contributed by atoms with Crippen molar-refractivity contribution >= 4 is 11.8 Å². The van der Waals surface area contributed by atoms with Crippen molar-refractivity contribution in [1.82, 2.24) is 14.9 Å². The highest BCUT2D eigenvalue weighted by Gasteiger charge is 2.39. The van der Waals surface area contributed by atoms with Gasteiger partial charge in [-0.3, -0.25) is 0 Å². The molecule has 0 amide bonds. The van der Waals surface area contributed by atoms with Gasteiger partial charge in [0.25, 0.3) is 5.82 Å². The van der Waals surface area contributed by atoms with Gasteiger partial charge in [0.2, 0.25) is 5.16 Å². The Hall–Kier alpha value is -0.920.